The van der Waals surface area contributed by atoms with E-state index in [2.05, 4.69) is 5.32 Å². The number of fused-ring (bicyclic) bond motifs is 1. The highest BCUT2D eigenvalue weighted by molar-refractivity contribution is 7.98. The lowest BCUT2D eigenvalue weighted by atomic mass is 10.0. The minimum Gasteiger partial charge on any atom is -0.548 e. The van der Waals surface area contributed by atoms with Gasteiger partial charge < -0.3 is 29.1 Å². The summed E-state index contributed by atoms with van der Waals surface area (Å²) in [5.74, 6) is -0.515. The van der Waals surface area contributed by atoms with E-state index in [1.54, 1.807) is 19.1 Å². The average molecular weight is 408 g/mol. The second-order valence-corrected chi connectivity index (χ2v) is 7.08. The third-order valence-corrected chi connectivity index (χ3v) is 4.98. The topological polar surface area (TPSA) is 118 Å². The van der Waals surface area contributed by atoms with Crippen molar-refractivity contribution in [1.82, 2.24) is 5.32 Å². The smallest absolute Gasteiger partial charge is 0.340 e. The van der Waals surface area contributed by atoms with Crippen molar-refractivity contribution in [2.45, 2.75) is 25.8 Å². The number of hydrogen-bond acceptors (Lipinski definition) is 8. The van der Waals surface area contributed by atoms with Gasteiger partial charge in [-0.25, -0.2) is 4.79 Å². The van der Waals surface area contributed by atoms with Gasteiger partial charge in [0, 0.05) is 12.1 Å². The molecule has 1 aromatic carbocycles. The van der Waals surface area contributed by atoms with Gasteiger partial charge in [0.1, 0.15) is 17.1 Å². The fourth-order valence-corrected chi connectivity index (χ4v) is 3.33. The first kappa shape index (κ1) is 21.6. The first-order valence-electron chi connectivity index (χ1n) is 8.49. The maximum Gasteiger partial charge on any atom is 0.340 e. The van der Waals surface area contributed by atoms with E-state index in [9.17, 15) is 19.5 Å². The Balaban J connectivity index is 2.38. The van der Waals surface area contributed by atoms with Crippen molar-refractivity contribution < 1.29 is 28.6 Å². The molecular formula is C19H22NO7S-. The van der Waals surface area contributed by atoms with Crippen LogP contribution in [0.4, 0.5) is 0 Å². The number of rotatable bonds is 9. The molecule has 28 heavy (non-hydrogen) atoms. The molecule has 0 unspecified atom stereocenters. The van der Waals surface area contributed by atoms with Crippen LogP contribution in [0.5, 0.6) is 11.5 Å². The van der Waals surface area contributed by atoms with Gasteiger partial charge >= 0.3 is 5.63 Å². The summed E-state index contributed by atoms with van der Waals surface area (Å²) in [6.45, 7) is 1.68. The van der Waals surface area contributed by atoms with Crippen LogP contribution >= 0.6 is 11.8 Å². The third kappa shape index (κ3) is 4.78. The van der Waals surface area contributed by atoms with E-state index in [0.29, 0.717) is 28.2 Å². The van der Waals surface area contributed by atoms with Gasteiger partial charge in [0.2, 0.25) is 5.91 Å². The number of ether oxygens (including phenoxy) is 2. The fraction of sp³-hybridized carbons (Fsp3) is 0.421. The van der Waals surface area contributed by atoms with E-state index in [0.717, 1.165) is 0 Å². The minimum absolute atomic E-state index is 0.135. The van der Waals surface area contributed by atoms with Gasteiger partial charge in [-0.2, -0.15) is 11.8 Å². The van der Waals surface area contributed by atoms with Crippen LogP contribution in [-0.4, -0.2) is 44.1 Å². The molecule has 8 nitrogen and oxygen atoms in total. The second-order valence-electron chi connectivity index (χ2n) is 6.09. The Bertz CT molecular complexity index is 938. The van der Waals surface area contributed by atoms with Crippen LogP contribution in [0.2, 0.25) is 0 Å². The highest BCUT2D eigenvalue weighted by atomic mass is 32.2. The van der Waals surface area contributed by atoms with Crippen molar-refractivity contribution in [1.29, 1.82) is 0 Å². The molecule has 9 heteroatoms. The number of hydrogen-bond donors (Lipinski definition) is 1. The molecule has 1 N–H and O–H groups in total. The van der Waals surface area contributed by atoms with Gasteiger partial charge in [-0.1, -0.05) is 0 Å². The van der Waals surface area contributed by atoms with Crippen molar-refractivity contribution in [3.8, 4) is 11.5 Å². The molecule has 1 heterocycles. The van der Waals surface area contributed by atoms with E-state index < -0.39 is 23.5 Å². The van der Waals surface area contributed by atoms with Gasteiger partial charge in [0.15, 0.2) is 0 Å². The Labute approximate surface area is 166 Å². The lowest BCUT2D eigenvalue weighted by molar-refractivity contribution is -0.308. The predicted molar refractivity (Wildman–Crippen MR) is 104 cm³/mol. The largest absolute Gasteiger partial charge is 0.548 e. The number of carbonyl (C=O) groups is 2. The van der Waals surface area contributed by atoms with Gasteiger partial charge in [0.25, 0.3) is 0 Å². The summed E-state index contributed by atoms with van der Waals surface area (Å²) in [6, 6.07) is 2.09. The number of thioether (sulfide) groups is 1. The van der Waals surface area contributed by atoms with Crippen LogP contribution in [0.1, 0.15) is 17.5 Å². The molecule has 1 atom stereocenters. The number of aryl methyl sites for hydroxylation is 1. The molecule has 0 aliphatic carbocycles. The highest BCUT2D eigenvalue weighted by Crippen LogP contribution is 2.33. The summed E-state index contributed by atoms with van der Waals surface area (Å²) in [6.07, 6.45) is 1.75. The Morgan fingerprint density at radius 1 is 1.29 bits per heavy atom. The first-order valence-corrected chi connectivity index (χ1v) is 9.89. The van der Waals surface area contributed by atoms with Crippen molar-refractivity contribution >= 4 is 34.6 Å². The Hall–Kier alpha value is -2.68. The number of benzene rings is 1. The fourth-order valence-electron chi connectivity index (χ4n) is 2.86. The van der Waals surface area contributed by atoms with E-state index in [4.69, 9.17) is 13.9 Å². The highest BCUT2D eigenvalue weighted by Gasteiger charge is 2.20. The normalized spacial score (nSPS) is 11.9. The average Bonchev–Trinajstić information content (AvgIpc) is 2.66. The molecule has 0 saturated carbocycles. The number of carboxylic acids is 1. The number of carboxylic acid groups (broad SMARTS) is 1. The van der Waals surface area contributed by atoms with E-state index in [1.807, 2.05) is 6.26 Å². The molecule has 2 aromatic rings. The van der Waals surface area contributed by atoms with Crippen LogP contribution in [0.3, 0.4) is 0 Å². The van der Waals surface area contributed by atoms with E-state index >= 15 is 0 Å². The van der Waals surface area contributed by atoms with Crippen LogP contribution in [0.15, 0.2) is 21.3 Å². The van der Waals surface area contributed by atoms with Crippen LogP contribution in [-0.2, 0) is 16.0 Å². The number of aliphatic carboxylic acids is 1. The lowest BCUT2D eigenvalue weighted by Crippen LogP contribution is -2.48. The summed E-state index contributed by atoms with van der Waals surface area (Å²) >= 11 is 1.46. The van der Waals surface area contributed by atoms with Crippen LogP contribution in [0.25, 0.3) is 11.0 Å². The molecular weight excluding hydrogens is 386 g/mol. The van der Waals surface area contributed by atoms with Crippen molar-refractivity contribution in [3.63, 3.8) is 0 Å². The zero-order valence-electron chi connectivity index (χ0n) is 16.1. The molecule has 1 amide bonds. The molecule has 0 radical (unpaired) electrons. The molecule has 2 rings (SSSR count). The lowest BCUT2D eigenvalue weighted by Gasteiger charge is -2.19. The van der Waals surface area contributed by atoms with Crippen molar-refractivity contribution in [2.75, 3.05) is 26.2 Å². The standard InChI is InChI=1S/C19H23NO7S/c1-10-12(9-16(21)20-13(18(22)23)5-6-28-4)19(24)27-15-8-11(25-2)7-14(26-3)17(10)15/h7-8,13H,5-6,9H2,1-4H3,(H,20,21)(H,22,23)/p-1/t13-/m0/s1. The number of amides is 1. The molecule has 152 valence electrons. The van der Waals surface area contributed by atoms with Gasteiger partial charge in [0.05, 0.1) is 43.6 Å². The number of methoxy groups -OCH3 is 2. The maximum atomic E-state index is 12.4. The third-order valence-electron chi connectivity index (χ3n) is 4.34. The van der Waals surface area contributed by atoms with Crippen LogP contribution < -0.4 is 25.5 Å². The summed E-state index contributed by atoms with van der Waals surface area (Å²) in [5, 5.41) is 14.2. The molecule has 0 bridgehead atoms. The molecule has 0 fully saturated rings. The summed E-state index contributed by atoms with van der Waals surface area (Å²) < 4.78 is 15.9. The Morgan fingerprint density at radius 3 is 2.57 bits per heavy atom. The van der Waals surface area contributed by atoms with Gasteiger partial charge in [-0.05, 0) is 30.9 Å². The van der Waals surface area contributed by atoms with Gasteiger partial charge in [-0.15, -0.1) is 0 Å². The second kappa shape index (κ2) is 9.50. The zero-order chi connectivity index (χ0) is 20.8. The van der Waals surface area contributed by atoms with Crippen molar-refractivity contribution in [3.05, 3.63) is 33.7 Å². The zero-order valence-corrected chi connectivity index (χ0v) is 16.9. The molecule has 0 aliphatic heterocycles. The quantitative estimate of drug-likeness (QED) is 0.601. The van der Waals surface area contributed by atoms with Gasteiger partial charge in [-0.3, -0.25) is 4.79 Å². The van der Waals surface area contributed by atoms with Crippen molar-refractivity contribution in [2.24, 2.45) is 0 Å². The number of carbonyl (C=O) groups excluding carboxylic acids is 2. The molecule has 0 saturated heterocycles. The minimum atomic E-state index is -1.36. The Kier molecular flexibility index (Phi) is 7.33. The van der Waals surface area contributed by atoms with Crippen LogP contribution in [0, 0.1) is 6.92 Å². The molecule has 0 aliphatic rings. The first-order chi connectivity index (χ1) is 13.3. The SMILES string of the molecule is COc1cc(OC)c2c(C)c(CC(=O)N[C@@H](CCSC)C(=O)[O-])c(=O)oc2c1. The molecule has 0 spiro atoms. The van der Waals surface area contributed by atoms with E-state index in [1.165, 1.54) is 26.0 Å². The summed E-state index contributed by atoms with van der Waals surface area (Å²) in [4.78, 5) is 36.0. The monoisotopic (exact) mass is 408 g/mol. The predicted octanol–water partition coefficient (Wildman–Crippen LogP) is 0.649. The summed E-state index contributed by atoms with van der Waals surface area (Å²) in [7, 11) is 2.95. The number of nitrogens with one attached hydrogen (secondary N) is 1. The molecule has 1 aromatic heterocycles. The summed E-state index contributed by atoms with van der Waals surface area (Å²) in [5.41, 5.74) is 0.255. The maximum absolute atomic E-state index is 12.4. The Morgan fingerprint density at radius 2 is 2.00 bits per heavy atom. The van der Waals surface area contributed by atoms with E-state index in [-0.39, 0.29) is 24.0 Å².